The van der Waals surface area contributed by atoms with Crippen molar-refractivity contribution in [1.29, 1.82) is 0 Å². The fraction of sp³-hybridized carbons (Fsp3) is 0.440. The van der Waals surface area contributed by atoms with Crippen molar-refractivity contribution < 1.29 is 14.6 Å². The topological polar surface area (TPSA) is 105 Å². The molecule has 34 heavy (non-hydrogen) atoms. The van der Waals surface area contributed by atoms with Crippen LogP contribution in [0.1, 0.15) is 48.4 Å². The molecule has 3 heterocycles. The number of phenolic OH excluding ortho intramolecular Hbond substituents is 1. The molecule has 9 heteroatoms. The number of hydrogen-bond acceptors (Lipinski definition) is 7. The van der Waals surface area contributed by atoms with E-state index < -0.39 is 0 Å². The number of aromatic hydroxyl groups is 1. The first-order valence-electron chi connectivity index (χ1n) is 11.9. The Hall–Kier alpha value is -3.46. The highest BCUT2D eigenvalue weighted by Gasteiger charge is 2.26. The van der Waals surface area contributed by atoms with Crippen LogP contribution in [0.5, 0.6) is 5.75 Å². The molecule has 2 aliphatic rings. The second-order valence-electron chi connectivity index (χ2n) is 9.09. The van der Waals surface area contributed by atoms with Crippen molar-refractivity contribution in [2.75, 3.05) is 31.2 Å². The molecule has 0 saturated carbocycles. The number of nitrogens with zero attached hydrogens (tertiary/aromatic N) is 5. The van der Waals surface area contributed by atoms with Crippen molar-refractivity contribution in [3.63, 3.8) is 0 Å². The molecule has 1 saturated heterocycles. The Morgan fingerprint density at radius 2 is 1.88 bits per heavy atom. The van der Waals surface area contributed by atoms with E-state index in [0.717, 1.165) is 50.2 Å². The Morgan fingerprint density at radius 1 is 1.09 bits per heavy atom. The van der Waals surface area contributed by atoms with E-state index >= 15 is 0 Å². The normalized spacial score (nSPS) is 15.9. The lowest BCUT2D eigenvalue weighted by atomic mass is 9.89. The summed E-state index contributed by atoms with van der Waals surface area (Å²) in [6.45, 7) is 6.72. The van der Waals surface area contributed by atoms with Crippen LogP contribution in [-0.4, -0.2) is 63.1 Å². The van der Waals surface area contributed by atoms with Gasteiger partial charge in [-0.2, -0.15) is 0 Å². The van der Waals surface area contributed by atoms with E-state index in [-0.39, 0.29) is 23.5 Å². The third kappa shape index (κ3) is 4.23. The van der Waals surface area contributed by atoms with Crippen molar-refractivity contribution in [1.82, 2.24) is 25.1 Å². The SMILES string of the molecule is CC(C)NC(=O)c1nnc(-c2ccc3c(c2O)CCCC3)n1-c1ccc(N2CCOCC2)nc1. The maximum Gasteiger partial charge on any atom is 0.289 e. The zero-order valence-corrected chi connectivity index (χ0v) is 19.6. The summed E-state index contributed by atoms with van der Waals surface area (Å²) in [7, 11) is 0. The Balaban J connectivity index is 1.59. The highest BCUT2D eigenvalue weighted by molar-refractivity contribution is 5.92. The molecule has 5 rings (SSSR count). The smallest absolute Gasteiger partial charge is 0.289 e. The highest BCUT2D eigenvalue weighted by atomic mass is 16.5. The number of carbonyl (C=O) groups is 1. The van der Waals surface area contributed by atoms with Gasteiger partial charge in [0.2, 0.25) is 5.82 Å². The van der Waals surface area contributed by atoms with Crippen LogP contribution in [0.25, 0.3) is 17.1 Å². The Morgan fingerprint density at radius 3 is 2.62 bits per heavy atom. The number of carbonyl (C=O) groups excluding carboxylic acids is 1. The summed E-state index contributed by atoms with van der Waals surface area (Å²) in [6, 6.07) is 7.71. The van der Waals surface area contributed by atoms with E-state index in [1.54, 1.807) is 10.8 Å². The maximum absolute atomic E-state index is 13.0. The number of amides is 1. The van der Waals surface area contributed by atoms with E-state index in [4.69, 9.17) is 4.74 Å². The van der Waals surface area contributed by atoms with E-state index in [0.29, 0.717) is 30.3 Å². The van der Waals surface area contributed by atoms with Crippen molar-refractivity contribution in [2.24, 2.45) is 0 Å². The molecule has 0 bridgehead atoms. The summed E-state index contributed by atoms with van der Waals surface area (Å²) in [5, 5.41) is 22.6. The van der Waals surface area contributed by atoms with E-state index in [1.165, 1.54) is 5.56 Å². The number of morpholine rings is 1. The summed E-state index contributed by atoms with van der Waals surface area (Å²) < 4.78 is 7.11. The van der Waals surface area contributed by atoms with Crippen molar-refractivity contribution in [3.8, 4) is 22.8 Å². The fourth-order valence-electron chi connectivity index (χ4n) is 4.66. The third-order valence-electron chi connectivity index (χ3n) is 6.36. The molecule has 2 N–H and O–H groups in total. The molecule has 0 radical (unpaired) electrons. The molecule has 2 aromatic heterocycles. The van der Waals surface area contributed by atoms with Gasteiger partial charge in [-0.15, -0.1) is 10.2 Å². The monoisotopic (exact) mass is 462 g/mol. The van der Waals surface area contributed by atoms with E-state index in [1.807, 2.05) is 32.0 Å². The van der Waals surface area contributed by atoms with Gasteiger partial charge in [-0.3, -0.25) is 9.36 Å². The summed E-state index contributed by atoms with van der Waals surface area (Å²) in [5.41, 5.74) is 3.36. The summed E-state index contributed by atoms with van der Waals surface area (Å²) in [5.74, 6) is 1.32. The average molecular weight is 463 g/mol. The standard InChI is InChI=1S/C25H30N6O3/c1-16(2)27-25(33)24-29-28-23(20-9-7-17-5-3-4-6-19(17)22(20)32)31(24)18-8-10-21(26-15-18)30-11-13-34-14-12-30/h7-10,15-16,32H,3-6,11-14H2,1-2H3,(H,27,33). The van der Waals surface area contributed by atoms with Gasteiger partial charge in [-0.05, 0) is 68.9 Å². The molecule has 0 atom stereocenters. The molecule has 1 aliphatic carbocycles. The number of ether oxygens (including phenoxy) is 1. The van der Waals surface area contributed by atoms with Gasteiger partial charge in [0.25, 0.3) is 5.91 Å². The number of aromatic nitrogens is 4. The zero-order valence-electron chi connectivity index (χ0n) is 19.6. The molecule has 1 aliphatic heterocycles. The lowest BCUT2D eigenvalue weighted by Gasteiger charge is -2.27. The number of hydrogen-bond donors (Lipinski definition) is 2. The van der Waals surface area contributed by atoms with Crippen LogP contribution in [-0.2, 0) is 17.6 Å². The molecular formula is C25H30N6O3. The minimum Gasteiger partial charge on any atom is -0.507 e. The predicted octanol–water partition coefficient (Wildman–Crippen LogP) is 2.89. The minimum atomic E-state index is -0.330. The summed E-state index contributed by atoms with van der Waals surface area (Å²) >= 11 is 0. The van der Waals surface area contributed by atoms with Crippen molar-refractivity contribution in [2.45, 2.75) is 45.6 Å². The molecule has 1 amide bonds. The minimum absolute atomic E-state index is 0.0555. The van der Waals surface area contributed by atoms with Gasteiger partial charge < -0.3 is 20.1 Å². The molecule has 3 aromatic rings. The Labute approximate surface area is 198 Å². The van der Waals surface area contributed by atoms with Gasteiger partial charge in [0.1, 0.15) is 11.6 Å². The maximum atomic E-state index is 13.0. The molecule has 178 valence electrons. The van der Waals surface area contributed by atoms with Gasteiger partial charge in [-0.1, -0.05) is 6.07 Å². The number of anilines is 1. The number of nitrogens with one attached hydrogen (secondary N) is 1. The summed E-state index contributed by atoms with van der Waals surface area (Å²) in [4.78, 5) is 19.8. The quantitative estimate of drug-likeness (QED) is 0.601. The van der Waals surface area contributed by atoms with Crippen LogP contribution >= 0.6 is 0 Å². The van der Waals surface area contributed by atoms with E-state index in [2.05, 4.69) is 31.5 Å². The van der Waals surface area contributed by atoms with E-state index in [9.17, 15) is 9.90 Å². The van der Waals surface area contributed by atoms with Crippen LogP contribution in [0.15, 0.2) is 30.5 Å². The summed E-state index contributed by atoms with van der Waals surface area (Å²) in [6.07, 6.45) is 5.69. The number of aryl methyl sites for hydroxylation is 1. The Kier molecular flexibility index (Phi) is 6.19. The predicted molar refractivity (Wildman–Crippen MR) is 129 cm³/mol. The van der Waals surface area contributed by atoms with Crippen LogP contribution in [0.4, 0.5) is 5.82 Å². The number of benzene rings is 1. The molecule has 9 nitrogen and oxygen atoms in total. The van der Waals surface area contributed by atoms with Crippen LogP contribution in [0, 0.1) is 0 Å². The zero-order chi connectivity index (χ0) is 23.7. The first-order chi connectivity index (χ1) is 16.5. The second-order valence-corrected chi connectivity index (χ2v) is 9.09. The molecule has 1 fully saturated rings. The van der Waals surface area contributed by atoms with Crippen molar-refractivity contribution >= 4 is 11.7 Å². The largest absolute Gasteiger partial charge is 0.507 e. The third-order valence-corrected chi connectivity index (χ3v) is 6.36. The fourth-order valence-corrected chi connectivity index (χ4v) is 4.66. The number of fused-ring (bicyclic) bond motifs is 1. The number of pyridine rings is 1. The Bertz CT molecular complexity index is 1180. The van der Waals surface area contributed by atoms with Gasteiger partial charge >= 0.3 is 0 Å². The first kappa shape index (κ1) is 22.3. The van der Waals surface area contributed by atoms with Gasteiger partial charge in [-0.25, -0.2) is 4.98 Å². The molecule has 0 unspecified atom stereocenters. The lowest BCUT2D eigenvalue weighted by molar-refractivity contribution is 0.0930. The number of rotatable bonds is 5. The molecule has 1 aromatic carbocycles. The molecular weight excluding hydrogens is 432 g/mol. The number of phenols is 1. The molecule has 0 spiro atoms. The van der Waals surface area contributed by atoms with Crippen molar-refractivity contribution in [3.05, 3.63) is 47.4 Å². The van der Waals surface area contributed by atoms with Gasteiger partial charge in [0.05, 0.1) is 30.7 Å². The van der Waals surface area contributed by atoms with Gasteiger partial charge in [0.15, 0.2) is 5.82 Å². The van der Waals surface area contributed by atoms with Crippen LogP contribution < -0.4 is 10.2 Å². The van der Waals surface area contributed by atoms with Crippen LogP contribution in [0.2, 0.25) is 0 Å². The van der Waals surface area contributed by atoms with Gasteiger partial charge in [0, 0.05) is 19.1 Å². The average Bonchev–Trinajstić information content (AvgIpc) is 3.30. The lowest BCUT2D eigenvalue weighted by Crippen LogP contribution is -2.36. The van der Waals surface area contributed by atoms with Crippen LogP contribution in [0.3, 0.4) is 0 Å². The highest BCUT2D eigenvalue weighted by Crippen LogP contribution is 2.38. The first-order valence-corrected chi connectivity index (χ1v) is 11.9. The second kappa shape index (κ2) is 9.42.